The predicted molar refractivity (Wildman–Crippen MR) is 63.0 cm³/mol. The Hall–Kier alpha value is -1.22. The van der Waals surface area contributed by atoms with Crippen molar-refractivity contribution in [2.75, 3.05) is 7.11 Å². The van der Waals surface area contributed by atoms with Crippen molar-refractivity contribution in [2.24, 2.45) is 0 Å². The fourth-order valence-electron chi connectivity index (χ4n) is 1.39. The van der Waals surface area contributed by atoms with Crippen molar-refractivity contribution in [2.45, 2.75) is 26.9 Å². The highest BCUT2D eigenvalue weighted by Crippen LogP contribution is 2.26. The lowest BCUT2D eigenvalue weighted by molar-refractivity contribution is -0.147. The largest absolute Gasteiger partial charge is 0.479 e. The molecule has 88 valence electrons. The quantitative estimate of drug-likeness (QED) is 0.765. The minimum atomic E-state index is -0.620. The Kier molecular flexibility index (Phi) is 4.19. The van der Waals surface area contributed by atoms with Crippen molar-refractivity contribution in [3.05, 3.63) is 28.3 Å². The molecule has 0 aromatic heterocycles. The fraction of sp³-hybridized carbons (Fsp3) is 0.417. The maximum absolute atomic E-state index is 11.2. The Balaban J connectivity index is 2.86. The summed E-state index contributed by atoms with van der Waals surface area (Å²) in [6.07, 6.45) is -0.620. The highest BCUT2D eigenvalue weighted by Gasteiger charge is 2.15. The molecule has 0 N–H and O–H groups in total. The molecule has 1 rings (SSSR count). The van der Waals surface area contributed by atoms with E-state index < -0.39 is 12.1 Å². The molecule has 0 fully saturated rings. The second-order valence-electron chi connectivity index (χ2n) is 3.65. The number of carbonyl (C=O) groups excluding carboxylic acids is 1. The van der Waals surface area contributed by atoms with Crippen molar-refractivity contribution in [1.29, 1.82) is 0 Å². The Labute approximate surface area is 100 Å². The van der Waals surface area contributed by atoms with Gasteiger partial charge >= 0.3 is 5.97 Å². The van der Waals surface area contributed by atoms with Gasteiger partial charge in [0.15, 0.2) is 6.10 Å². The number of esters is 1. The fourth-order valence-corrected chi connectivity index (χ4v) is 1.50. The van der Waals surface area contributed by atoms with Crippen molar-refractivity contribution in [3.8, 4) is 5.75 Å². The van der Waals surface area contributed by atoms with Gasteiger partial charge in [-0.1, -0.05) is 11.6 Å². The van der Waals surface area contributed by atoms with Crippen LogP contribution in [0.3, 0.4) is 0 Å². The van der Waals surface area contributed by atoms with Gasteiger partial charge in [-0.2, -0.15) is 0 Å². The number of aryl methyl sites for hydroxylation is 2. The van der Waals surface area contributed by atoms with E-state index in [1.165, 1.54) is 7.11 Å². The van der Waals surface area contributed by atoms with Crippen LogP contribution in [0.1, 0.15) is 18.1 Å². The van der Waals surface area contributed by atoms with Crippen LogP contribution in [0.2, 0.25) is 5.02 Å². The van der Waals surface area contributed by atoms with E-state index in [4.69, 9.17) is 16.3 Å². The van der Waals surface area contributed by atoms with Crippen LogP contribution in [0, 0.1) is 13.8 Å². The van der Waals surface area contributed by atoms with Gasteiger partial charge in [0.05, 0.1) is 7.11 Å². The molecular formula is C12H15ClO3. The molecule has 0 heterocycles. The zero-order valence-electron chi connectivity index (χ0n) is 9.83. The monoisotopic (exact) mass is 242 g/mol. The van der Waals surface area contributed by atoms with Crippen LogP contribution in [-0.2, 0) is 9.53 Å². The first-order valence-electron chi connectivity index (χ1n) is 4.97. The number of halogens is 1. The number of benzene rings is 1. The molecule has 0 aliphatic rings. The first kappa shape index (κ1) is 12.8. The van der Waals surface area contributed by atoms with Crippen LogP contribution in [0.25, 0.3) is 0 Å². The van der Waals surface area contributed by atoms with E-state index in [0.29, 0.717) is 5.75 Å². The van der Waals surface area contributed by atoms with Gasteiger partial charge in [0.1, 0.15) is 5.75 Å². The standard InChI is InChI=1S/C12H15ClO3/c1-7-5-10(6-8(2)11(7)13)16-9(3)12(14)15-4/h5-6,9H,1-4H3. The molecule has 1 unspecified atom stereocenters. The van der Waals surface area contributed by atoms with E-state index in [9.17, 15) is 4.79 Å². The van der Waals surface area contributed by atoms with Gasteiger partial charge < -0.3 is 9.47 Å². The van der Waals surface area contributed by atoms with Crippen LogP contribution in [0.5, 0.6) is 5.75 Å². The Morgan fingerprint density at radius 2 is 1.81 bits per heavy atom. The smallest absolute Gasteiger partial charge is 0.346 e. The molecule has 1 aromatic carbocycles. The van der Waals surface area contributed by atoms with Crippen molar-refractivity contribution >= 4 is 17.6 Å². The third-order valence-electron chi connectivity index (χ3n) is 2.26. The molecule has 0 bridgehead atoms. The summed E-state index contributed by atoms with van der Waals surface area (Å²) < 4.78 is 10.0. The lowest BCUT2D eigenvalue weighted by Gasteiger charge is -2.14. The predicted octanol–water partition coefficient (Wildman–Crippen LogP) is 2.90. The molecule has 3 nitrogen and oxygen atoms in total. The summed E-state index contributed by atoms with van der Waals surface area (Å²) in [5.41, 5.74) is 1.85. The van der Waals surface area contributed by atoms with E-state index in [-0.39, 0.29) is 0 Å². The summed E-state index contributed by atoms with van der Waals surface area (Å²) in [5.74, 6) is 0.225. The van der Waals surface area contributed by atoms with E-state index in [1.54, 1.807) is 19.1 Å². The van der Waals surface area contributed by atoms with E-state index >= 15 is 0 Å². The lowest BCUT2D eigenvalue weighted by atomic mass is 10.1. The summed E-state index contributed by atoms with van der Waals surface area (Å²) in [5, 5.41) is 0.720. The second kappa shape index (κ2) is 5.21. The lowest BCUT2D eigenvalue weighted by Crippen LogP contribution is -2.24. The van der Waals surface area contributed by atoms with Crippen molar-refractivity contribution in [1.82, 2.24) is 0 Å². The summed E-state index contributed by atoms with van der Waals surface area (Å²) in [6.45, 7) is 5.43. The van der Waals surface area contributed by atoms with E-state index in [0.717, 1.165) is 16.1 Å². The Bertz CT molecular complexity index is 378. The van der Waals surface area contributed by atoms with Crippen molar-refractivity contribution < 1.29 is 14.3 Å². The summed E-state index contributed by atoms with van der Waals surface area (Å²) in [6, 6.07) is 3.60. The summed E-state index contributed by atoms with van der Waals surface area (Å²) in [4.78, 5) is 11.2. The molecule has 0 saturated carbocycles. The highest BCUT2D eigenvalue weighted by molar-refractivity contribution is 6.32. The number of hydrogen-bond donors (Lipinski definition) is 0. The maximum Gasteiger partial charge on any atom is 0.346 e. The van der Waals surface area contributed by atoms with E-state index in [1.807, 2.05) is 13.8 Å². The van der Waals surface area contributed by atoms with Gasteiger partial charge in [-0.25, -0.2) is 4.79 Å². The molecular weight excluding hydrogens is 228 g/mol. The Morgan fingerprint density at radius 3 is 2.25 bits per heavy atom. The van der Waals surface area contributed by atoms with Crippen LogP contribution >= 0.6 is 11.6 Å². The van der Waals surface area contributed by atoms with Crippen molar-refractivity contribution in [3.63, 3.8) is 0 Å². The van der Waals surface area contributed by atoms with Gasteiger partial charge in [-0.05, 0) is 44.0 Å². The molecule has 0 spiro atoms. The summed E-state index contributed by atoms with van der Waals surface area (Å²) >= 11 is 6.03. The zero-order valence-corrected chi connectivity index (χ0v) is 10.6. The topological polar surface area (TPSA) is 35.5 Å². The van der Waals surface area contributed by atoms with Gasteiger partial charge in [0.25, 0.3) is 0 Å². The normalized spacial score (nSPS) is 12.1. The third-order valence-corrected chi connectivity index (χ3v) is 2.85. The molecule has 0 saturated heterocycles. The minimum Gasteiger partial charge on any atom is -0.479 e. The number of methoxy groups -OCH3 is 1. The maximum atomic E-state index is 11.2. The third kappa shape index (κ3) is 2.89. The number of hydrogen-bond acceptors (Lipinski definition) is 3. The molecule has 16 heavy (non-hydrogen) atoms. The van der Waals surface area contributed by atoms with E-state index in [2.05, 4.69) is 4.74 Å². The Morgan fingerprint density at radius 1 is 1.31 bits per heavy atom. The second-order valence-corrected chi connectivity index (χ2v) is 4.03. The number of rotatable bonds is 3. The van der Waals surface area contributed by atoms with Gasteiger partial charge in [0.2, 0.25) is 0 Å². The average molecular weight is 243 g/mol. The molecule has 4 heteroatoms. The van der Waals surface area contributed by atoms with Gasteiger partial charge in [-0.3, -0.25) is 0 Å². The number of carbonyl (C=O) groups is 1. The summed E-state index contributed by atoms with van der Waals surface area (Å²) in [7, 11) is 1.33. The molecule has 1 atom stereocenters. The molecule has 0 aliphatic heterocycles. The van der Waals surface area contributed by atoms with Crippen LogP contribution in [0.15, 0.2) is 12.1 Å². The average Bonchev–Trinajstić information content (AvgIpc) is 2.24. The van der Waals surface area contributed by atoms with Crippen LogP contribution in [0.4, 0.5) is 0 Å². The highest BCUT2D eigenvalue weighted by atomic mass is 35.5. The van der Waals surface area contributed by atoms with Crippen LogP contribution in [-0.4, -0.2) is 19.2 Å². The first-order chi connectivity index (χ1) is 7.45. The SMILES string of the molecule is COC(=O)C(C)Oc1cc(C)c(Cl)c(C)c1. The zero-order chi connectivity index (χ0) is 12.3. The molecule has 1 aromatic rings. The van der Waals surface area contributed by atoms with Crippen LogP contribution < -0.4 is 4.74 Å². The van der Waals surface area contributed by atoms with Gasteiger partial charge in [-0.15, -0.1) is 0 Å². The molecule has 0 aliphatic carbocycles. The minimum absolute atomic E-state index is 0.398. The molecule has 0 radical (unpaired) electrons. The molecule has 0 amide bonds. The first-order valence-corrected chi connectivity index (χ1v) is 5.34. The number of ether oxygens (including phenoxy) is 2. The van der Waals surface area contributed by atoms with Gasteiger partial charge in [0, 0.05) is 5.02 Å².